The van der Waals surface area contributed by atoms with Crippen molar-refractivity contribution in [1.82, 2.24) is 9.80 Å². The molecule has 1 amide bonds. The first kappa shape index (κ1) is 28.6. The predicted octanol–water partition coefficient (Wildman–Crippen LogP) is 4.80. The van der Waals surface area contributed by atoms with Crippen LogP contribution in [0.2, 0.25) is 0 Å². The minimum atomic E-state index is -0.708. The molecule has 2 saturated heterocycles. The van der Waals surface area contributed by atoms with Gasteiger partial charge in [-0.15, -0.1) is 0 Å². The van der Waals surface area contributed by atoms with Gasteiger partial charge < -0.3 is 24.2 Å². The highest BCUT2D eigenvalue weighted by Crippen LogP contribution is 2.40. The maximum absolute atomic E-state index is 13.4. The number of rotatable bonds is 13. The summed E-state index contributed by atoms with van der Waals surface area (Å²) in [4.78, 5) is 30.5. The molecule has 210 valence electrons. The van der Waals surface area contributed by atoms with Gasteiger partial charge in [-0.1, -0.05) is 51.0 Å². The highest BCUT2D eigenvalue weighted by atomic mass is 16.5. The zero-order valence-electron chi connectivity index (χ0n) is 23.1. The number of morpholine rings is 1. The van der Waals surface area contributed by atoms with Crippen LogP contribution in [0.4, 0.5) is 0 Å². The van der Waals surface area contributed by atoms with Crippen LogP contribution >= 0.6 is 0 Å². The molecule has 8 heteroatoms. The van der Waals surface area contributed by atoms with Gasteiger partial charge in [0, 0.05) is 31.7 Å². The zero-order chi connectivity index (χ0) is 27.6. The third kappa shape index (κ3) is 7.19. The van der Waals surface area contributed by atoms with E-state index >= 15 is 0 Å². The maximum atomic E-state index is 13.4. The number of benzene rings is 2. The van der Waals surface area contributed by atoms with Crippen LogP contribution in [0.5, 0.6) is 11.5 Å². The Hall–Kier alpha value is -3.36. The summed E-state index contributed by atoms with van der Waals surface area (Å²) in [6.07, 6.45) is 4.07. The molecule has 1 atom stereocenters. The number of amides is 1. The van der Waals surface area contributed by atoms with Gasteiger partial charge in [0.15, 0.2) is 0 Å². The number of hydrogen-bond acceptors (Lipinski definition) is 7. The fraction of sp³-hybridized carbons (Fsp3) is 0.484. The van der Waals surface area contributed by atoms with E-state index in [4.69, 9.17) is 14.2 Å². The topological polar surface area (TPSA) is 88.5 Å². The number of hydrogen-bond donors (Lipinski definition) is 1. The number of aliphatic hydroxyl groups is 1. The van der Waals surface area contributed by atoms with E-state index in [1.165, 1.54) is 0 Å². The van der Waals surface area contributed by atoms with E-state index in [1.54, 1.807) is 23.1 Å². The van der Waals surface area contributed by atoms with Crippen molar-refractivity contribution >= 4 is 17.4 Å². The number of aliphatic hydroxyl groups excluding tert-OH is 1. The highest BCUT2D eigenvalue weighted by molar-refractivity contribution is 6.46. The molecule has 1 N–H and O–H groups in total. The summed E-state index contributed by atoms with van der Waals surface area (Å²) in [6.45, 7) is 9.20. The van der Waals surface area contributed by atoms with Crippen molar-refractivity contribution in [3.8, 4) is 11.5 Å². The fourth-order valence-corrected chi connectivity index (χ4v) is 4.93. The molecule has 1 unspecified atom stereocenters. The van der Waals surface area contributed by atoms with Gasteiger partial charge in [0.05, 0.1) is 38.0 Å². The van der Waals surface area contributed by atoms with E-state index < -0.39 is 17.7 Å². The first-order valence-corrected chi connectivity index (χ1v) is 14.1. The summed E-state index contributed by atoms with van der Waals surface area (Å²) >= 11 is 0. The Bertz CT molecular complexity index is 1140. The van der Waals surface area contributed by atoms with Gasteiger partial charge in [-0.3, -0.25) is 14.5 Å². The molecule has 0 bridgehead atoms. The van der Waals surface area contributed by atoms with Gasteiger partial charge in [0.1, 0.15) is 17.3 Å². The van der Waals surface area contributed by atoms with Crippen molar-refractivity contribution in [1.29, 1.82) is 0 Å². The van der Waals surface area contributed by atoms with Gasteiger partial charge >= 0.3 is 0 Å². The van der Waals surface area contributed by atoms with E-state index in [0.29, 0.717) is 50.8 Å². The molecule has 0 radical (unpaired) electrons. The van der Waals surface area contributed by atoms with E-state index in [9.17, 15) is 14.7 Å². The summed E-state index contributed by atoms with van der Waals surface area (Å²) in [5, 5.41) is 11.4. The van der Waals surface area contributed by atoms with Crippen LogP contribution in [-0.4, -0.2) is 79.2 Å². The van der Waals surface area contributed by atoms with Crippen molar-refractivity contribution in [3.05, 3.63) is 65.2 Å². The molecule has 0 saturated carbocycles. The molecular formula is C31H40N2O6. The number of ketones is 1. The van der Waals surface area contributed by atoms with Gasteiger partial charge in [0.25, 0.3) is 11.7 Å². The predicted molar refractivity (Wildman–Crippen MR) is 150 cm³/mol. The van der Waals surface area contributed by atoms with Gasteiger partial charge in [0.2, 0.25) is 0 Å². The van der Waals surface area contributed by atoms with Crippen molar-refractivity contribution in [2.75, 3.05) is 52.6 Å². The van der Waals surface area contributed by atoms with Gasteiger partial charge in [-0.05, 0) is 42.7 Å². The second kappa shape index (κ2) is 14.1. The van der Waals surface area contributed by atoms with Crippen LogP contribution in [0.3, 0.4) is 0 Å². The molecule has 2 aliphatic rings. The second-order valence-electron chi connectivity index (χ2n) is 9.95. The molecule has 2 aromatic carbocycles. The van der Waals surface area contributed by atoms with Crippen molar-refractivity contribution in [2.45, 2.75) is 45.6 Å². The van der Waals surface area contributed by atoms with Gasteiger partial charge in [-0.2, -0.15) is 0 Å². The minimum Gasteiger partial charge on any atom is -0.507 e. The lowest BCUT2D eigenvalue weighted by atomic mass is 9.95. The van der Waals surface area contributed by atoms with Crippen molar-refractivity contribution in [2.24, 2.45) is 0 Å². The van der Waals surface area contributed by atoms with Crippen LogP contribution in [0.25, 0.3) is 5.76 Å². The number of likely N-dealkylation sites (tertiary alicyclic amines) is 1. The number of carbonyl (C=O) groups excluding carboxylic acids is 2. The molecule has 2 aliphatic heterocycles. The van der Waals surface area contributed by atoms with Crippen LogP contribution in [0.1, 0.15) is 56.7 Å². The van der Waals surface area contributed by atoms with Crippen LogP contribution in [0.15, 0.2) is 54.1 Å². The molecule has 0 aromatic heterocycles. The summed E-state index contributed by atoms with van der Waals surface area (Å²) in [5.41, 5.74) is 1.28. The average molecular weight is 537 g/mol. The number of Topliss-reactive ketones (excluding diaryl/α,β-unsaturated/α-hetero) is 1. The number of unbranched alkanes of at least 4 members (excludes halogenated alkanes) is 2. The summed E-state index contributed by atoms with van der Waals surface area (Å²) in [7, 11) is 0. The van der Waals surface area contributed by atoms with E-state index in [2.05, 4.69) is 11.8 Å². The maximum Gasteiger partial charge on any atom is 0.295 e. The third-order valence-electron chi connectivity index (χ3n) is 7.09. The normalized spacial score (nSPS) is 19.4. The molecule has 2 fully saturated rings. The Morgan fingerprint density at radius 3 is 2.38 bits per heavy atom. The largest absolute Gasteiger partial charge is 0.507 e. The van der Waals surface area contributed by atoms with Crippen LogP contribution < -0.4 is 9.47 Å². The van der Waals surface area contributed by atoms with Gasteiger partial charge in [-0.25, -0.2) is 0 Å². The summed E-state index contributed by atoms with van der Waals surface area (Å²) in [6, 6.07) is 13.8. The van der Waals surface area contributed by atoms with E-state index in [1.807, 2.05) is 37.3 Å². The first-order chi connectivity index (χ1) is 19.0. The number of carbonyl (C=O) groups is 2. The average Bonchev–Trinajstić information content (AvgIpc) is 3.23. The SMILES string of the molecule is CCCCCOc1ccc(C2/C(=C(\O)c3cccc(OCCC)c3)C(=O)C(=O)N2CCN2CCOCC2)cc1. The zero-order valence-corrected chi connectivity index (χ0v) is 23.1. The quantitative estimate of drug-likeness (QED) is 0.170. The summed E-state index contributed by atoms with van der Waals surface area (Å²) in [5.74, 6) is -0.147. The Kier molecular flexibility index (Phi) is 10.4. The Morgan fingerprint density at radius 2 is 1.67 bits per heavy atom. The molecule has 2 heterocycles. The molecule has 4 rings (SSSR count). The lowest BCUT2D eigenvalue weighted by Gasteiger charge is -2.31. The third-order valence-corrected chi connectivity index (χ3v) is 7.09. The standard InChI is InChI=1S/C31H40N2O6/c1-3-5-6-19-39-25-12-10-23(11-13-25)28-27(29(34)24-8-7-9-26(22-24)38-18-4-2)30(35)31(36)33(28)15-14-32-16-20-37-21-17-32/h7-13,22,28,34H,3-6,14-21H2,1-2H3/b29-27+. The lowest BCUT2D eigenvalue weighted by Crippen LogP contribution is -2.42. The molecule has 0 aliphatic carbocycles. The first-order valence-electron chi connectivity index (χ1n) is 14.1. The smallest absolute Gasteiger partial charge is 0.295 e. The lowest BCUT2D eigenvalue weighted by molar-refractivity contribution is -0.140. The van der Waals surface area contributed by atoms with Crippen LogP contribution in [-0.2, 0) is 14.3 Å². The Balaban J connectivity index is 1.65. The van der Waals surface area contributed by atoms with Crippen LogP contribution in [0, 0.1) is 0 Å². The summed E-state index contributed by atoms with van der Waals surface area (Å²) < 4.78 is 17.0. The molecular weight excluding hydrogens is 496 g/mol. The second-order valence-corrected chi connectivity index (χ2v) is 9.95. The minimum absolute atomic E-state index is 0.0891. The Labute approximate surface area is 231 Å². The van der Waals surface area contributed by atoms with Crippen molar-refractivity contribution in [3.63, 3.8) is 0 Å². The highest BCUT2D eigenvalue weighted by Gasteiger charge is 2.46. The Morgan fingerprint density at radius 1 is 0.923 bits per heavy atom. The monoisotopic (exact) mass is 536 g/mol. The molecule has 0 spiro atoms. The van der Waals surface area contributed by atoms with E-state index in [0.717, 1.165) is 50.1 Å². The van der Waals surface area contributed by atoms with E-state index in [-0.39, 0.29) is 11.3 Å². The molecule has 8 nitrogen and oxygen atoms in total. The number of ether oxygens (including phenoxy) is 3. The molecule has 39 heavy (non-hydrogen) atoms. The number of nitrogens with zero attached hydrogens (tertiary/aromatic N) is 2. The van der Waals surface area contributed by atoms with Crippen molar-refractivity contribution < 1.29 is 28.9 Å². The molecule has 2 aromatic rings. The fourth-order valence-electron chi connectivity index (χ4n) is 4.93.